The Hall–Kier alpha value is -2.98. The van der Waals surface area contributed by atoms with Crippen LogP contribution in [0.3, 0.4) is 0 Å². The van der Waals surface area contributed by atoms with Gasteiger partial charge in [0.25, 0.3) is 5.91 Å². The molecule has 33 heavy (non-hydrogen) atoms. The van der Waals surface area contributed by atoms with Crippen LogP contribution >= 0.6 is 0 Å². The first-order valence-corrected chi connectivity index (χ1v) is 12.2. The predicted octanol–water partition coefficient (Wildman–Crippen LogP) is 3.04. The maximum absolute atomic E-state index is 14.3. The number of benzene rings is 2. The lowest BCUT2D eigenvalue weighted by Gasteiger charge is -2.27. The van der Waals surface area contributed by atoms with Gasteiger partial charge in [-0.2, -0.15) is 4.31 Å². The number of fused-ring (bicyclic) bond motifs is 1. The Morgan fingerprint density at radius 3 is 2.61 bits per heavy atom. The molecule has 8 nitrogen and oxygen atoms in total. The number of carbonyl (C=O) groups excluding carboxylic acids is 2. The molecule has 1 heterocycles. The highest BCUT2D eigenvalue weighted by Crippen LogP contribution is 2.31. The van der Waals surface area contributed by atoms with Crippen LogP contribution in [-0.2, 0) is 19.6 Å². The fourth-order valence-corrected chi connectivity index (χ4v) is 5.14. The quantitative estimate of drug-likeness (QED) is 0.585. The van der Waals surface area contributed by atoms with E-state index in [0.717, 1.165) is 28.1 Å². The molecule has 2 aromatic carbocycles. The minimum Gasteiger partial charge on any atom is -0.493 e. The van der Waals surface area contributed by atoms with Gasteiger partial charge in [-0.1, -0.05) is 32.0 Å². The summed E-state index contributed by atoms with van der Waals surface area (Å²) < 4.78 is 51.6. The number of para-hydroxylation sites is 1. The number of esters is 1. The number of sulfonamides is 1. The average Bonchev–Trinajstić information content (AvgIpc) is 2.80. The number of hydrogen-bond acceptors (Lipinski definition) is 6. The molecule has 0 aliphatic carbocycles. The number of rotatable bonds is 8. The van der Waals surface area contributed by atoms with Gasteiger partial charge in [0.05, 0.1) is 18.2 Å². The number of ether oxygens (including phenoxy) is 2. The van der Waals surface area contributed by atoms with E-state index in [4.69, 9.17) is 9.47 Å². The molecular weight excluding hydrogens is 451 g/mol. The van der Waals surface area contributed by atoms with Crippen LogP contribution < -0.4 is 10.1 Å². The molecule has 0 fully saturated rings. The van der Waals surface area contributed by atoms with Crippen molar-refractivity contribution in [2.75, 3.05) is 19.7 Å². The first-order chi connectivity index (χ1) is 15.7. The molecule has 0 saturated heterocycles. The molecule has 178 valence electrons. The third kappa shape index (κ3) is 5.33. The SMILES string of the molecule is CCN(CC)S(=O)(=O)c1cc(C(=O)OC(C)C(=O)NC2CCOc3ccccc32)ccc1F. The summed E-state index contributed by atoms with van der Waals surface area (Å²) in [5.74, 6) is -1.72. The van der Waals surface area contributed by atoms with Crippen LogP contribution in [0.15, 0.2) is 47.4 Å². The van der Waals surface area contributed by atoms with Crippen LogP contribution in [0.2, 0.25) is 0 Å². The lowest BCUT2D eigenvalue weighted by atomic mass is 10.0. The smallest absolute Gasteiger partial charge is 0.338 e. The van der Waals surface area contributed by atoms with Gasteiger partial charge in [-0.05, 0) is 31.2 Å². The zero-order chi connectivity index (χ0) is 24.2. The van der Waals surface area contributed by atoms with E-state index in [1.807, 2.05) is 24.3 Å². The molecule has 0 spiro atoms. The van der Waals surface area contributed by atoms with Crippen LogP contribution in [0, 0.1) is 5.82 Å². The molecule has 2 aromatic rings. The summed E-state index contributed by atoms with van der Waals surface area (Å²) >= 11 is 0. The van der Waals surface area contributed by atoms with E-state index in [2.05, 4.69) is 5.32 Å². The van der Waals surface area contributed by atoms with Crippen LogP contribution in [-0.4, -0.2) is 50.4 Å². The monoisotopic (exact) mass is 478 g/mol. The van der Waals surface area contributed by atoms with Crippen molar-refractivity contribution in [1.29, 1.82) is 0 Å². The molecule has 0 radical (unpaired) electrons. The Bertz CT molecular complexity index is 1130. The van der Waals surface area contributed by atoms with E-state index in [9.17, 15) is 22.4 Å². The van der Waals surface area contributed by atoms with Crippen LogP contribution in [0.1, 0.15) is 49.2 Å². The fraction of sp³-hybridized carbons (Fsp3) is 0.391. The van der Waals surface area contributed by atoms with Crippen molar-refractivity contribution < 1.29 is 31.9 Å². The van der Waals surface area contributed by atoms with Crippen LogP contribution in [0.4, 0.5) is 4.39 Å². The average molecular weight is 479 g/mol. The van der Waals surface area contributed by atoms with Crippen molar-refractivity contribution >= 4 is 21.9 Å². The maximum Gasteiger partial charge on any atom is 0.338 e. The van der Waals surface area contributed by atoms with Gasteiger partial charge in [0.15, 0.2) is 6.10 Å². The molecule has 2 unspecified atom stereocenters. The second-order valence-electron chi connectivity index (χ2n) is 7.52. The minimum atomic E-state index is -4.12. The second-order valence-corrected chi connectivity index (χ2v) is 9.42. The number of carbonyl (C=O) groups is 2. The highest BCUT2D eigenvalue weighted by molar-refractivity contribution is 7.89. The molecule has 1 aliphatic rings. The van der Waals surface area contributed by atoms with Gasteiger partial charge in [0.1, 0.15) is 16.5 Å². The van der Waals surface area contributed by atoms with Gasteiger partial charge in [-0.3, -0.25) is 4.79 Å². The Morgan fingerprint density at radius 2 is 1.91 bits per heavy atom. The van der Waals surface area contributed by atoms with E-state index in [1.54, 1.807) is 13.8 Å². The van der Waals surface area contributed by atoms with Gasteiger partial charge < -0.3 is 14.8 Å². The number of nitrogens with zero attached hydrogens (tertiary/aromatic N) is 1. The summed E-state index contributed by atoms with van der Waals surface area (Å²) in [6.07, 6.45) is -0.589. The summed E-state index contributed by atoms with van der Waals surface area (Å²) in [7, 11) is -4.12. The molecule has 2 atom stereocenters. The molecule has 3 rings (SSSR count). The summed E-state index contributed by atoms with van der Waals surface area (Å²) in [6, 6.07) is 10.0. The van der Waals surface area contributed by atoms with Crippen molar-refractivity contribution in [3.05, 3.63) is 59.4 Å². The lowest BCUT2D eigenvalue weighted by Crippen LogP contribution is -2.39. The molecular formula is C23H27FN2O6S. The first kappa shape index (κ1) is 24.7. The Kier molecular flexibility index (Phi) is 7.70. The summed E-state index contributed by atoms with van der Waals surface area (Å²) in [6.45, 7) is 5.42. The standard InChI is InChI=1S/C23H27FN2O6S/c1-4-26(5-2)33(29,30)21-14-16(10-11-18(21)24)23(28)32-15(3)22(27)25-19-12-13-31-20-9-7-6-8-17(19)20/h6-11,14-15,19H,4-5,12-13H2,1-3H3,(H,25,27). The van der Waals surface area contributed by atoms with Gasteiger partial charge in [0.2, 0.25) is 10.0 Å². The largest absolute Gasteiger partial charge is 0.493 e. The zero-order valence-corrected chi connectivity index (χ0v) is 19.5. The topological polar surface area (TPSA) is 102 Å². The van der Waals surface area contributed by atoms with Crippen molar-refractivity contribution in [3.63, 3.8) is 0 Å². The molecule has 1 aliphatic heterocycles. The lowest BCUT2D eigenvalue weighted by molar-refractivity contribution is -0.130. The van der Waals surface area contributed by atoms with E-state index >= 15 is 0 Å². The first-order valence-electron chi connectivity index (χ1n) is 10.7. The fourth-order valence-electron chi connectivity index (χ4n) is 3.59. The molecule has 1 amide bonds. The molecule has 0 saturated carbocycles. The summed E-state index contributed by atoms with van der Waals surface area (Å²) in [5.41, 5.74) is 0.665. The Balaban J connectivity index is 1.72. The third-order valence-electron chi connectivity index (χ3n) is 5.42. The van der Waals surface area contributed by atoms with Crippen molar-refractivity contribution in [2.24, 2.45) is 0 Å². The number of hydrogen-bond donors (Lipinski definition) is 1. The number of amides is 1. The van der Waals surface area contributed by atoms with E-state index in [1.165, 1.54) is 6.92 Å². The van der Waals surface area contributed by atoms with Crippen molar-refractivity contribution in [3.8, 4) is 5.75 Å². The second kappa shape index (κ2) is 10.3. The van der Waals surface area contributed by atoms with Crippen LogP contribution in [0.25, 0.3) is 0 Å². The van der Waals surface area contributed by atoms with E-state index in [0.29, 0.717) is 18.8 Å². The zero-order valence-electron chi connectivity index (χ0n) is 18.7. The van der Waals surface area contributed by atoms with Gasteiger partial charge in [-0.15, -0.1) is 0 Å². The summed E-state index contributed by atoms with van der Waals surface area (Å²) in [4.78, 5) is 24.6. The Morgan fingerprint density at radius 1 is 1.21 bits per heavy atom. The third-order valence-corrected chi connectivity index (χ3v) is 7.48. The van der Waals surface area contributed by atoms with Crippen LogP contribution in [0.5, 0.6) is 5.75 Å². The van der Waals surface area contributed by atoms with Crippen molar-refractivity contribution in [1.82, 2.24) is 9.62 Å². The van der Waals surface area contributed by atoms with E-state index < -0.39 is 38.7 Å². The number of halogens is 1. The van der Waals surface area contributed by atoms with Gasteiger partial charge in [-0.25, -0.2) is 17.6 Å². The van der Waals surface area contributed by atoms with Gasteiger partial charge >= 0.3 is 5.97 Å². The molecule has 1 N–H and O–H groups in total. The predicted molar refractivity (Wildman–Crippen MR) is 119 cm³/mol. The normalized spacial score (nSPS) is 16.5. The molecule has 0 aromatic heterocycles. The summed E-state index contributed by atoms with van der Waals surface area (Å²) in [5, 5.41) is 2.85. The highest BCUT2D eigenvalue weighted by Gasteiger charge is 2.29. The Labute approximate surface area is 192 Å². The molecule has 10 heteroatoms. The maximum atomic E-state index is 14.3. The van der Waals surface area contributed by atoms with E-state index in [-0.39, 0.29) is 24.7 Å². The minimum absolute atomic E-state index is 0.152. The molecule has 0 bridgehead atoms. The van der Waals surface area contributed by atoms with Crippen molar-refractivity contribution in [2.45, 2.75) is 44.2 Å². The highest BCUT2D eigenvalue weighted by atomic mass is 32.2. The van der Waals surface area contributed by atoms with Gasteiger partial charge in [0, 0.05) is 25.1 Å². The number of nitrogens with one attached hydrogen (secondary N) is 1.